The molecule has 4 unspecified atom stereocenters. The summed E-state index contributed by atoms with van der Waals surface area (Å²) in [6, 6.07) is 4.75. The Kier molecular flexibility index (Phi) is 8.58. The highest BCUT2D eigenvalue weighted by Crippen LogP contribution is 2.39. The lowest BCUT2D eigenvalue weighted by atomic mass is 9.73. The van der Waals surface area contributed by atoms with Crippen LogP contribution in [-0.4, -0.2) is 45.3 Å². The molecular weight excluding hydrogens is 527 g/mol. The van der Waals surface area contributed by atoms with Crippen LogP contribution in [0.3, 0.4) is 0 Å². The average molecular weight is 558 g/mol. The second kappa shape index (κ2) is 11.9. The molecule has 1 aliphatic rings. The number of hydrogen-bond acceptors (Lipinski definition) is 6. The number of benzene rings is 1. The number of hydrogen-bond donors (Lipinski definition) is 4. The summed E-state index contributed by atoms with van der Waals surface area (Å²) in [5.41, 5.74) is 5.73. The monoisotopic (exact) mass is 557 g/mol. The van der Waals surface area contributed by atoms with E-state index in [0.717, 1.165) is 29.8 Å². The number of nitrogens with zero attached hydrogens (tertiary/aromatic N) is 2. The summed E-state index contributed by atoms with van der Waals surface area (Å²) >= 11 is 0. The lowest BCUT2D eigenvalue weighted by Crippen LogP contribution is -2.54. The Bertz CT molecular complexity index is 1390. The molecule has 0 aliphatic heterocycles. The Balaban J connectivity index is 1.59. The largest absolute Gasteiger partial charge is 0.491 e. The van der Waals surface area contributed by atoms with Crippen LogP contribution in [0.25, 0.3) is 11.3 Å². The Morgan fingerprint density at radius 2 is 1.80 bits per heavy atom. The van der Waals surface area contributed by atoms with E-state index >= 15 is 0 Å². The minimum atomic E-state index is -1.15. The fourth-order valence-electron chi connectivity index (χ4n) is 5.15. The highest BCUT2D eigenvalue weighted by atomic mass is 19.1. The van der Waals surface area contributed by atoms with Gasteiger partial charge in [0.05, 0.1) is 23.6 Å². The molecule has 5 N–H and O–H groups in total. The van der Waals surface area contributed by atoms with Crippen LogP contribution >= 0.6 is 0 Å². The maximum atomic E-state index is 14.8. The van der Waals surface area contributed by atoms with Crippen molar-refractivity contribution in [3.63, 3.8) is 0 Å². The summed E-state index contributed by atoms with van der Waals surface area (Å²) < 4.78 is 49.7. The summed E-state index contributed by atoms with van der Waals surface area (Å²) in [7, 11) is 0. The molecule has 2 aromatic heterocycles. The van der Waals surface area contributed by atoms with E-state index in [1.54, 1.807) is 26.1 Å². The average Bonchev–Trinajstić information content (AvgIpc) is 2.86. The van der Waals surface area contributed by atoms with Crippen molar-refractivity contribution >= 4 is 17.7 Å². The first-order valence-electron chi connectivity index (χ1n) is 12.8. The molecule has 0 saturated heterocycles. The van der Waals surface area contributed by atoms with Gasteiger partial charge in [-0.25, -0.2) is 22.9 Å². The van der Waals surface area contributed by atoms with Crippen LogP contribution in [0.15, 0.2) is 42.7 Å². The molecule has 2 heterocycles. The Morgan fingerprint density at radius 1 is 1.10 bits per heavy atom. The molecule has 12 heteroatoms. The molecule has 2 amide bonds. The number of aromatic nitrogens is 2. The van der Waals surface area contributed by atoms with Crippen molar-refractivity contribution in [3.05, 3.63) is 71.4 Å². The first-order chi connectivity index (χ1) is 18.9. The molecule has 0 radical (unpaired) electrons. The fourth-order valence-corrected chi connectivity index (χ4v) is 5.15. The molecule has 9 nitrogen and oxygen atoms in total. The van der Waals surface area contributed by atoms with Gasteiger partial charge in [0.25, 0.3) is 5.91 Å². The first-order valence-corrected chi connectivity index (χ1v) is 12.8. The number of carboxylic acid groups (broad SMARTS) is 1. The van der Waals surface area contributed by atoms with Crippen LogP contribution < -0.4 is 21.1 Å². The number of halogens is 3. The van der Waals surface area contributed by atoms with Gasteiger partial charge < -0.3 is 26.2 Å². The van der Waals surface area contributed by atoms with Gasteiger partial charge in [-0.05, 0) is 62.3 Å². The third-order valence-electron chi connectivity index (χ3n) is 6.82. The van der Waals surface area contributed by atoms with Crippen molar-refractivity contribution in [1.82, 2.24) is 15.3 Å². The van der Waals surface area contributed by atoms with Crippen LogP contribution in [0, 0.1) is 23.4 Å². The van der Waals surface area contributed by atoms with Crippen molar-refractivity contribution < 1.29 is 32.6 Å². The standard InChI is InChI=1S/C28H30F3N5O4/c1-13(2)40-16-10-19(30)24(20(31)11-16)26-18(29)4-5-22(34-26)27(37)35-23-12-33-7-6-17(23)15-8-14(3)25(21(32)9-15)36-28(38)39/h4-7,10-15,21,25,36H,8-9,32H2,1-3H3,(H,35,37)(H,38,39). The Hall–Kier alpha value is -4.19. The molecule has 3 aromatic rings. The molecule has 0 spiro atoms. The smallest absolute Gasteiger partial charge is 0.404 e. The van der Waals surface area contributed by atoms with Crippen LogP contribution in [0.5, 0.6) is 5.75 Å². The van der Waals surface area contributed by atoms with Crippen LogP contribution in [0.1, 0.15) is 55.6 Å². The second-order valence-corrected chi connectivity index (χ2v) is 10.2. The summed E-state index contributed by atoms with van der Waals surface area (Å²) in [5.74, 6) is -4.18. The number of carbonyl (C=O) groups excluding carboxylic acids is 1. The molecule has 1 aliphatic carbocycles. The molecule has 212 valence electrons. The van der Waals surface area contributed by atoms with Gasteiger partial charge in [-0.1, -0.05) is 6.92 Å². The zero-order chi connectivity index (χ0) is 29.1. The van der Waals surface area contributed by atoms with Crippen LogP contribution in [-0.2, 0) is 0 Å². The van der Waals surface area contributed by atoms with Crippen LogP contribution in [0.4, 0.5) is 23.7 Å². The fraction of sp³-hybridized carbons (Fsp3) is 0.357. The SMILES string of the molecule is CC(C)Oc1cc(F)c(-c2nc(C(=O)Nc3cnccc3C3CC(C)C(NC(=O)O)C(N)C3)ccc2F)c(F)c1. The molecule has 4 atom stereocenters. The van der Waals surface area contributed by atoms with Gasteiger partial charge in [0.1, 0.15) is 34.6 Å². The highest BCUT2D eigenvalue weighted by molar-refractivity contribution is 6.03. The number of pyridine rings is 2. The molecule has 40 heavy (non-hydrogen) atoms. The lowest BCUT2D eigenvalue weighted by molar-refractivity contribution is 0.102. The van der Waals surface area contributed by atoms with Crippen LogP contribution in [0.2, 0.25) is 0 Å². The first kappa shape index (κ1) is 28.8. The number of nitrogens with one attached hydrogen (secondary N) is 2. The number of rotatable bonds is 7. The molecule has 0 bridgehead atoms. The van der Waals surface area contributed by atoms with E-state index in [1.165, 1.54) is 6.20 Å². The second-order valence-electron chi connectivity index (χ2n) is 10.2. The number of carbonyl (C=O) groups is 2. The van der Waals surface area contributed by atoms with Gasteiger partial charge in [-0.2, -0.15) is 0 Å². The predicted molar refractivity (Wildman–Crippen MR) is 142 cm³/mol. The van der Waals surface area contributed by atoms with Gasteiger partial charge >= 0.3 is 6.09 Å². The quantitative estimate of drug-likeness (QED) is 0.318. The Morgan fingerprint density at radius 3 is 2.42 bits per heavy atom. The summed E-state index contributed by atoms with van der Waals surface area (Å²) in [5, 5.41) is 14.3. The summed E-state index contributed by atoms with van der Waals surface area (Å²) in [6.45, 7) is 5.28. The lowest BCUT2D eigenvalue weighted by Gasteiger charge is -2.39. The van der Waals surface area contributed by atoms with Crippen molar-refractivity contribution in [3.8, 4) is 17.0 Å². The van der Waals surface area contributed by atoms with E-state index in [2.05, 4.69) is 20.6 Å². The van der Waals surface area contributed by atoms with E-state index < -0.39 is 52.8 Å². The van der Waals surface area contributed by atoms with E-state index in [4.69, 9.17) is 15.6 Å². The van der Waals surface area contributed by atoms with Crippen molar-refractivity contribution in [1.29, 1.82) is 0 Å². The third kappa shape index (κ3) is 6.33. The number of amides is 2. The van der Waals surface area contributed by atoms with E-state index in [9.17, 15) is 22.8 Å². The van der Waals surface area contributed by atoms with E-state index in [1.807, 2.05) is 6.92 Å². The van der Waals surface area contributed by atoms with Crippen molar-refractivity contribution in [2.75, 3.05) is 5.32 Å². The third-order valence-corrected chi connectivity index (χ3v) is 6.82. The van der Waals surface area contributed by atoms with Gasteiger partial charge in [0.15, 0.2) is 0 Å². The maximum absolute atomic E-state index is 14.8. The Labute approximate surface area is 229 Å². The highest BCUT2D eigenvalue weighted by Gasteiger charge is 2.36. The number of anilines is 1. The topological polar surface area (TPSA) is 139 Å². The van der Waals surface area contributed by atoms with Gasteiger partial charge in [0, 0.05) is 30.4 Å². The molecule has 1 fully saturated rings. The minimum absolute atomic E-state index is 0.0611. The van der Waals surface area contributed by atoms with Gasteiger partial charge in [0.2, 0.25) is 0 Å². The molecular formula is C28H30F3N5O4. The predicted octanol–water partition coefficient (Wildman–Crippen LogP) is 5.08. The summed E-state index contributed by atoms with van der Waals surface area (Å²) in [4.78, 5) is 32.3. The van der Waals surface area contributed by atoms with E-state index in [0.29, 0.717) is 18.5 Å². The van der Waals surface area contributed by atoms with Gasteiger partial charge in [-0.3, -0.25) is 9.78 Å². The van der Waals surface area contributed by atoms with Crippen molar-refractivity contribution in [2.24, 2.45) is 11.7 Å². The number of ether oxygens (including phenoxy) is 1. The zero-order valence-electron chi connectivity index (χ0n) is 22.1. The normalized spacial score (nSPS) is 20.7. The van der Waals surface area contributed by atoms with E-state index in [-0.39, 0.29) is 29.4 Å². The molecule has 1 aromatic carbocycles. The molecule has 1 saturated carbocycles. The summed E-state index contributed by atoms with van der Waals surface area (Å²) in [6.07, 6.45) is 2.58. The molecule has 4 rings (SSSR count). The zero-order valence-corrected chi connectivity index (χ0v) is 22.1. The van der Waals surface area contributed by atoms with Crippen molar-refractivity contribution in [2.45, 2.75) is 57.7 Å². The maximum Gasteiger partial charge on any atom is 0.404 e. The number of nitrogens with two attached hydrogens (primary N) is 1. The minimum Gasteiger partial charge on any atom is -0.491 e. The van der Waals surface area contributed by atoms with Gasteiger partial charge in [-0.15, -0.1) is 0 Å².